The van der Waals surface area contributed by atoms with Crippen LogP contribution in [0.3, 0.4) is 0 Å². The lowest BCUT2D eigenvalue weighted by atomic mass is 10.0. The molecule has 4 N–H and O–H groups in total. The van der Waals surface area contributed by atoms with Crippen molar-refractivity contribution in [2.45, 2.75) is 26.1 Å². The van der Waals surface area contributed by atoms with E-state index in [-0.39, 0.29) is 39.4 Å². The van der Waals surface area contributed by atoms with Gasteiger partial charge < -0.3 is 20.9 Å². The summed E-state index contributed by atoms with van der Waals surface area (Å²) >= 11 is 6.46. The maximum Gasteiger partial charge on any atom is 0.416 e. The Kier molecular flexibility index (Phi) is 6.59. The van der Waals surface area contributed by atoms with E-state index in [1.54, 1.807) is 10.8 Å². The molecule has 0 saturated heterocycles. The molecule has 2 aromatic heterocycles. The lowest BCUT2D eigenvalue weighted by Gasteiger charge is -2.13. The van der Waals surface area contributed by atoms with E-state index in [4.69, 9.17) is 17.3 Å². The Morgan fingerprint density at radius 3 is 2.47 bits per heavy atom. The quantitative estimate of drug-likeness (QED) is 0.275. The Balaban J connectivity index is 1.63. The molecule has 186 valence electrons. The maximum absolute atomic E-state index is 13.5. The highest BCUT2D eigenvalue weighted by Gasteiger charge is 2.30. The first-order chi connectivity index (χ1) is 17.0. The molecule has 0 aliphatic rings. The van der Waals surface area contributed by atoms with E-state index in [0.29, 0.717) is 11.0 Å². The van der Waals surface area contributed by atoms with Gasteiger partial charge in [0.05, 0.1) is 27.2 Å². The molecule has 0 radical (unpaired) electrons. The predicted molar refractivity (Wildman–Crippen MR) is 131 cm³/mol. The Morgan fingerprint density at radius 2 is 1.78 bits per heavy atom. The largest absolute Gasteiger partial charge is 0.416 e. The lowest BCUT2D eigenvalue weighted by molar-refractivity contribution is -0.137. The second-order valence-electron chi connectivity index (χ2n) is 8.16. The summed E-state index contributed by atoms with van der Waals surface area (Å²) in [7, 11) is 0. The third-order valence-corrected chi connectivity index (χ3v) is 5.79. The molecule has 2 aromatic carbocycles. The average Bonchev–Trinajstić information content (AvgIpc) is 3.21. The first-order valence-corrected chi connectivity index (χ1v) is 11.0. The van der Waals surface area contributed by atoms with E-state index < -0.39 is 23.6 Å². The zero-order chi connectivity index (χ0) is 26.2. The van der Waals surface area contributed by atoms with E-state index >= 15 is 0 Å². The van der Waals surface area contributed by atoms with Gasteiger partial charge in [-0.3, -0.25) is 4.79 Å². The molecule has 0 fully saturated rings. The van der Waals surface area contributed by atoms with Gasteiger partial charge in [0.2, 0.25) is 0 Å². The monoisotopic (exact) mass is 516 g/mol. The van der Waals surface area contributed by atoms with E-state index in [2.05, 4.69) is 20.6 Å². The summed E-state index contributed by atoms with van der Waals surface area (Å²) in [6.45, 7) is 3.85. The molecule has 0 spiro atoms. The standard InChI is InChI=1S/C24H20ClF3N6O2/c1-12(2)34-10-16(18-21(29)30-11-31-22(18)34)20(35)15-7-4-8-17(19(15)25)33-23(36)32-14-6-3-5-13(9-14)24(26,27)28/h3-12H,1-2H3,(H2,29,30,31)(H2,32,33,36). The number of nitrogens with two attached hydrogens (primary N) is 1. The van der Waals surface area contributed by atoms with Crippen LogP contribution in [0.4, 0.5) is 35.2 Å². The number of carbonyl (C=O) groups excluding carboxylic acids is 2. The molecular formula is C24H20ClF3N6O2. The highest BCUT2D eigenvalue weighted by molar-refractivity contribution is 6.38. The summed E-state index contributed by atoms with van der Waals surface area (Å²) in [6, 6.07) is 7.78. The number of halogens is 4. The number of benzene rings is 2. The lowest BCUT2D eigenvalue weighted by Crippen LogP contribution is -2.20. The molecule has 12 heteroatoms. The van der Waals surface area contributed by atoms with Crippen molar-refractivity contribution in [1.82, 2.24) is 14.5 Å². The fraction of sp³-hybridized carbons (Fsp3) is 0.167. The third kappa shape index (κ3) is 4.82. The second-order valence-corrected chi connectivity index (χ2v) is 8.53. The first kappa shape index (κ1) is 25.0. The predicted octanol–water partition coefficient (Wildman–Crippen LogP) is 6.14. The maximum atomic E-state index is 13.5. The number of anilines is 3. The number of hydrogen-bond donors (Lipinski definition) is 3. The average molecular weight is 517 g/mol. The number of aromatic nitrogens is 3. The van der Waals surface area contributed by atoms with Crippen LogP contribution >= 0.6 is 11.6 Å². The molecule has 36 heavy (non-hydrogen) atoms. The van der Waals surface area contributed by atoms with Crippen molar-refractivity contribution in [2.24, 2.45) is 0 Å². The zero-order valence-electron chi connectivity index (χ0n) is 19.0. The minimum absolute atomic E-state index is 0.0219. The van der Waals surface area contributed by atoms with Gasteiger partial charge in [-0.15, -0.1) is 0 Å². The molecule has 0 saturated carbocycles. The summed E-state index contributed by atoms with van der Waals surface area (Å²) < 4.78 is 40.6. The number of hydrogen-bond acceptors (Lipinski definition) is 5. The van der Waals surface area contributed by atoms with Crippen molar-refractivity contribution in [2.75, 3.05) is 16.4 Å². The third-order valence-electron chi connectivity index (χ3n) is 5.38. The number of amides is 2. The summed E-state index contributed by atoms with van der Waals surface area (Å²) in [6.07, 6.45) is -1.62. The van der Waals surface area contributed by atoms with Gasteiger partial charge in [-0.1, -0.05) is 23.7 Å². The number of nitrogens with one attached hydrogen (secondary N) is 2. The SMILES string of the molecule is CC(C)n1cc(C(=O)c2cccc(NC(=O)Nc3cccc(C(F)(F)F)c3)c2Cl)c2c(N)ncnc21. The Morgan fingerprint density at radius 1 is 1.06 bits per heavy atom. The van der Waals surface area contributed by atoms with Crippen molar-refractivity contribution in [3.05, 3.63) is 76.7 Å². The van der Waals surface area contributed by atoms with Crippen molar-refractivity contribution in [3.63, 3.8) is 0 Å². The van der Waals surface area contributed by atoms with Gasteiger partial charge in [-0.2, -0.15) is 13.2 Å². The minimum atomic E-state index is -4.56. The Hall–Kier alpha value is -4.12. The van der Waals surface area contributed by atoms with Crippen molar-refractivity contribution in [3.8, 4) is 0 Å². The smallest absolute Gasteiger partial charge is 0.383 e. The number of rotatable bonds is 5. The minimum Gasteiger partial charge on any atom is -0.383 e. The van der Waals surface area contributed by atoms with E-state index in [1.165, 1.54) is 36.7 Å². The van der Waals surface area contributed by atoms with Crippen molar-refractivity contribution < 1.29 is 22.8 Å². The molecule has 0 atom stereocenters. The molecule has 4 rings (SSSR count). The number of carbonyl (C=O) groups is 2. The molecule has 8 nitrogen and oxygen atoms in total. The van der Waals surface area contributed by atoms with E-state index in [0.717, 1.165) is 12.1 Å². The fourth-order valence-electron chi connectivity index (χ4n) is 3.68. The van der Waals surface area contributed by atoms with Gasteiger partial charge in [-0.25, -0.2) is 14.8 Å². The Labute approximate surface area is 208 Å². The van der Waals surface area contributed by atoms with Crippen LogP contribution in [0.25, 0.3) is 11.0 Å². The van der Waals surface area contributed by atoms with Crippen LogP contribution in [0.2, 0.25) is 5.02 Å². The van der Waals surface area contributed by atoms with Crippen LogP contribution in [-0.4, -0.2) is 26.3 Å². The van der Waals surface area contributed by atoms with Crippen LogP contribution < -0.4 is 16.4 Å². The second kappa shape index (κ2) is 9.50. The van der Waals surface area contributed by atoms with Crippen LogP contribution in [0.5, 0.6) is 0 Å². The molecular weight excluding hydrogens is 497 g/mol. The summed E-state index contributed by atoms with van der Waals surface area (Å²) in [5.41, 5.74) is 5.97. The summed E-state index contributed by atoms with van der Waals surface area (Å²) in [5, 5.41) is 5.12. The number of ketones is 1. The molecule has 0 aliphatic heterocycles. The molecule has 2 amide bonds. The molecule has 4 aromatic rings. The number of nitrogens with zero attached hydrogens (tertiary/aromatic N) is 3. The van der Waals surface area contributed by atoms with E-state index in [1.807, 2.05) is 13.8 Å². The topological polar surface area (TPSA) is 115 Å². The van der Waals surface area contributed by atoms with E-state index in [9.17, 15) is 22.8 Å². The number of nitrogen functional groups attached to an aromatic ring is 1. The van der Waals surface area contributed by atoms with Gasteiger partial charge in [0.15, 0.2) is 5.78 Å². The van der Waals surface area contributed by atoms with Gasteiger partial charge >= 0.3 is 12.2 Å². The summed E-state index contributed by atoms with van der Waals surface area (Å²) in [5.74, 6) is -0.332. The van der Waals surface area contributed by atoms with Crippen LogP contribution in [0.15, 0.2) is 55.0 Å². The number of alkyl halides is 3. The van der Waals surface area contributed by atoms with Gasteiger partial charge in [0.1, 0.15) is 17.8 Å². The van der Waals surface area contributed by atoms with Gasteiger partial charge in [0.25, 0.3) is 0 Å². The van der Waals surface area contributed by atoms with Crippen LogP contribution in [0.1, 0.15) is 41.4 Å². The van der Waals surface area contributed by atoms with Crippen LogP contribution in [-0.2, 0) is 6.18 Å². The fourth-order valence-corrected chi connectivity index (χ4v) is 3.94. The van der Waals surface area contributed by atoms with Gasteiger partial charge in [-0.05, 0) is 44.2 Å². The van der Waals surface area contributed by atoms with Crippen molar-refractivity contribution >= 4 is 51.6 Å². The van der Waals surface area contributed by atoms with Crippen molar-refractivity contribution in [1.29, 1.82) is 0 Å². The highest BCUT2D eigenvalue weighted by Crippen LogP contribution is 2.33. The normalized spacial score (nSPS) is 11.6. The number of urea groups is 1. The molecule has 0 aliphatic carbocycles. The zero-order valence-corrected chi connectivity index (χ0v) is 19.8. The molecule has 0 bridgehead atoms. The van der Waals surface area contributed by atoms with Crippen LogP contribution in [0, 0.1) is 0 Å². The molecule has 0 unspecified atom stereocenters. The van der Waals surface area contributed by atoms with Gasteiger partial charge in [0, 0.05) is 23.5 Å². The number of fused-ring (bicyclic) bond motifs is 1. The summed E-state index contributed by atoms with van der Waals surface area (Å²) in [4.78, 5) is 34.2. The highest BCUT2D eigenvalue weighted by atomic mass is 35.5. The Bertz CT molecular complexity index is 1480. The molecule has 2 heterocycles. The first-order valence-electron chi connectivity index (χ1n) is 10.7.